The molecule has 0 aromatic carbocycles. The van der Waals surface area contributed by atoms with E-state index in [1.165, 1.54) is 44.6 Å². The van der Waals surface area contributed by atoms with Crippen molar-refractivity contribution in [1.29, 1.82) is 0 Å². The van der Waals surface area contributed by atoms with E-state index in [1.54, 1.807) is 0 Å². The third-order valence-electron chi connectivity index (χ3n) is 3.46. The van der Waals surface area contributed by atoms with Crippen molar-refractivity contribution in [3.05, 3.63) is 12.2 Å². The predicted molar refractivity (Wildman–Crippen MR) is 67.1 cm³/mol. The molecule has 1 aliphatic heterocycles. The highest BCUT2D eigenvalue weighted by atomic mass is 15.1. The van der Waals surface area contributed by atoms with Gasteiger partial charge in [-0.05, 0) is 51.4 Å². The molecule has 0 amide bonds. The largest absolute Gasteiger partial charge is 0.313 e. The minimum Gasteiger partial charge on any atom is -0.313 e. The van der Waals surface area contributed by atoms with Gasteiger partial charge in [0.05, 0.1) is 0 Å². The Morgan fingerprint density at radius 2 is 2.00 bits per heavy atom. The molecule has 0 aromatic rings. The van der Waals surface area contributed by atoms with Crippen LogP contribution in [0.25, 0.3) is 0 Å². The third-order valence-corrected chi connectivity index (χ3v) is 3.46. The first-order valence-electron chi connectivity index (χ1n) is 6.36. The smallest absolute Gasteiger partial charge is 0.0161 e. The predicted octanol–water partition coefficient (Wildman–Crippen LogP) is 2.27. The Balaban J connectivity index is 2.06. The fourth-order valence-corrected chi connectivity index (χ4v) is 2.08. The van der Waals surface area contributed by atoms with E-state index in [1.807, 2.05) is 0 Å². The fraction of sp³-hybridized carbons (Fsp3) is 0.846. The quantitative estimate of drug-likeness (QED) is 0.677. The summed E-state index contributed by atoms with van der Waals surface area (Å²) in [4.78, 5) is 2.54. The summed E-state index contributed by atoms with van der Waals surface area (Å²) in [5.74, 6) is 0.887. The van der Waals surface area contributed by atoms with Crippen molar-refractivity contribution in [2.45, 2.75) is 33.1 Å². The minimum absolute atomic E-state index is 0.887. The van der Waals surface area contributed by atoms with E-state index in [0.717, 1.165) is 18.9 Å². The van der Waals surface area contributed by atoms with Crippen molar-refractivity contribution in [3.8, 4) is 0 Å². The summed E-state index contributed by atoms with van der Waals surface area (Å²) in [6.07, 6.45) is 3.82. The van der Waals surface area contributed by atoms with Gasteiger partial charge in [-0.1, -0.05) is 26.0 Å². The van der Waals surface area contributed by atoms with E-state index in [4.69, 9.17) is 0 Å². The maximum atomic E-state index is 4.01. The molecule has 1 rings (SSSR count). The van der Waals surface area contributed by atoms with Crippen LogP contribution < -0.4 is 5.32 Å². The third kappa shape index (κ3) is 4.80. The molecular formula is C13H26N2. The number of hydrogen-bond acceptors (Lipinski definition) is 2. The first-order valence-corrected chi connectivity index (χ1v) is 6.36. The summed E-state index contributed by atoms with van der Waals surface area (Å²) in [7, 11) is 0. The van der Waals surface area contributed by atoms with Gasteiger partial charge in [0.15, 0.2) is 0 Å². The van der Waals surface area contributed by atoms with Gasteiger partial charge in [-0.15, -0.1) is 0 Å². The normalized spacial score (nSPS) is 19.3. The Labute approximate surface area is 94.7 Å². The molecule has 0 atom stereocenters. The van der Waals surface area contributed by atoms with Crippen LogP contribution in [0, 0.1) is 5.92 Å². The van der Waals surface area contributed by atoms with E-state index in [0.29, 0.717) is 0 Å². The molecule has 0 unspecified atom stereocenters. The average Bonchev–Trinajstić information content (AvgIpc) is 2.29. The van der Waals surface area contributed by atoms with Gasteiger partial charge in [0.2, 0.25) is 0 Å². The summed E-state index contributed by atoms with van der Waals surface area (Å²) >= 11 is 0. The zero-order valence-electron chi connectivity index (χ0n) is 10.4. The van der Waals surface area contributed by atoms with Gasteiger partial charge in [-0.2, -0.15) is 0 Å². The Morgan fingerprint density at radius 3 is 2.53 bits per heavy atom. The number of nitrogens with one attached hydrogen (secondary N) is 1. The number of likely N-dealkylation sites (tertiary alicyclic amines) is 1. The van der Waals surface area contributed by atoms with Gasteiger partial charge >= 0.3 is 0 Å². The van der Waals surface area contributed by atoms with E-state index in [-0.39, 0.29) is 0 Å². The topological polar surface area (TPSA) is 15.3 Å². The first kappa shape index (κ1) is 12.7. The second kappa shape index (κ2) is 7.02. The van der Waals surface area contributed by atoms with Crippen molar-refractivity contribution in [1.82, 2.24) is 10.2 Å². The maximum Gasteiger partial charge on any atom is 0.0161 e. The van der Waals surface area contributed by atoms with Crippen LogP contribution in [0.3, 0.4) is 0 Å². The van der Waals surface area contributed by atoms with Crippen molar-refractivity contribution < 1.29 is 0 Å². The number of rotatable bonds is 6. The van der Waals surface area contributed by atoms with Gasteiger partial charge in [0.25, 0.3) is 0 Å². The van der Waals surface area contributed by atoms with Crippen LogP contribution >= 0.6 is 0 Å². The van der Waals surface area contributed by atoms with E-state index in [2.05, 4.69) is 30.6 Å². The Hall–Kier alpha value is -0.340. The van der Waals surface area contributed by atoms with Crippen molar-refractivity contribution >= 4 is 0 Å². The summed E-state index contributed by atoms with van der Waals surface area (Å²) in [5, 5.41) is 3.52. The highest BCUT2D eigenvalue weighted by Gasteiger charge is 2.17. The molecule has 0 aliphatic carbocycles. The highest BCUT2D eigenvalue weighted by Crippen LogP contribution is 2.15. The monoisotopic (exact) mass is 210 g/mol. The van der Waals surface area contributed by atoms with Crippen LogP contribution in [-0.4, -0.2) is 37.6 Å². The zero-order chi connectivity index (χ0) is 11.1. The van der Waals surface area contributed by atoms with Crippen LogP contribution in [0.5, 0.6) is 0 Å². The molecule has 0 radical (unpaired) electrons. The summed E-state index contributed by atoms with van der Waals surface area (Å²) < 4.78 is 0. The lowest BCUT2D eigenvalue weighted by Crippen LogP contribution is -2.37. The Kier molecular flexibility index (Phi) is 5.96. The zero-order valence-corrected chi connectivity index (χ0v) is 10.4. The standard InChI is InChI=1S/C13H26N2/c1-4-12(3)10-14-11-13-6-8-15(5-2)9-7-13/h13-14H,3-11H2,1-2H3. The van der Waals surface area contributed by atoms with Gasteiger partial charge in [0.1, 0.15) is 0 Å². The molecule has 0 saturated carbocycles. The molecule has 0 spiro atoms. The summed E-state index contributed by atoms with van der Waals surface area (Å²) in [5.41, 5.74) is 1.32. The van der Waals surface area contributed by atoms with Crippen molar-refractivity contribution in [2.75, 3.05) is 32.7 Å². The Morgan fingerprint density at radius 1 is 1.33 bits per heavy atom. The van der Waals surface area contributed by atoms with E-state index < -0.39 is 0 Å². The average molecular weight is 210 g/mol. The lowest BCUT2D eigenvalue weighted by Gasteiger charge is -2.31. The van der Waals surface area contributed by atoms with Crippen LogP contribution in [0.1, 0.15) is 33.1 Å². The molecule has 1 aliphatic rings. The van der Waals surface area contributed by atoms with Crippen LogP contribution in [0.15, 0.2) is 12.2 Å². The number of hydrogen-bond donors (Lipinski definition) is 1. The SMILES string of the molecule is C=C(CC)CNCC1CCN(CC)CC1. The first-order chi connectivity index (χ1) is 7.26. The fourth-order valence-electron chi connectivity index (χ4n) is 2.08. The molecule has 1 N–H and O–H groups in total. The van der Waals surface area contributed by atoms with Gasteiger partial charge < -0.3 is 10.2 Å². The molecule has 88 valence electrons. The van der Waals surface area contributed by atoms with Crippen LogP contribution in [0.2, 0.25) is 0 Å². The molecule has 2 nitrogen and oxygen atoms in total. The lowest BCUT2D eigenvalue weighted by atomic mass is 9.97. The molecule has 0 bridgehead atoms. The molecule has 0 aromatic heterocycles. The number of piperidine rings is 1. The number of nitrogens with zero attached hydrogens (tertiary/aromatic N) is 1. The van der Waals surface area contributed by atoms with Crippen molar-refractivity contribution in [2.24, 2.45) is 5.92 Å². The van der Waals surface area contributed by atoms with Gasteiger partial charge in [-0.25, -0.2) is 0 Å². The van der Waals surface area contributed by atoms with E-state index in [9.17, 15) is 0 Å². The van der Waals surface area contributed by atoms with Gasteiger partial charge in [-0.3, -0.25) is 0 Å². The molecule has 1 heterocycles. The second-order valence-corrected chi connectivity index (χ2v) is 4.61. The molecule has 15 heavy (non-hydrogen) atoms. The summed E-state index contributed by atoms with van der Waals surface area (Å²) in [6, 6.07) is 0. The van der Waals surface area contributed by atoms with Crippen molar-refractivity contribution in [3.63, 3.8) is 0 Å². The highest BCUT2D eigenvalue weighted by molar-refractivity contribution is 4.95. The molecular weight excluding hydrogens is 184 g/mol. The molecule has 1 fully saturated rings. The summed E-state index contributed by atoms with van der Waals surface area (Å²) in [6.45, 7) is 14.4. The molecule has 2 heteroatoms. The van der Waals surface area contributed by atoms with E-state index >= 15 is 0 Å². The molecule has 1 saturated heterocycles. The van der Waals surface area contributed by atoms with Crippen LogP contribution in [-0.2, 0) is 0 Å². The Bertz CT molecular complexity index is 181. The minimum atomic E-state index is 0.887. The van der Waals surface area contributed by atoms with Gasteiger partial charge in [0, 0.05) is 6.54 Å². The van der Waals surface area contributed by atoms with Crippen LogP contribution in [0.4, 0.5) is 0 Å². The maximum absolute atomic E-state index is 4.01. The second-order valence-electron chi connectivity index (χ2n) is 4.61. The lowest BCUT2D eigenvalue weighted by molar-refractivity contribution is 0.191.